The summed E-state index contributed by atoms with van der Waals surface area (Å²) in [4.78, 5) is 21.9. The van der Waals surface area contributed by atoms with E-state index < -0.39 is 16.0 Å². The zero-order valence-corrected chi connectivity index (χ0v) is 19.2. The van der Waals surface area contributed by atoms with E-state index in [1.54, 1.807) is 24.4 Å². The molecule has 0 bridgehead atoms. The molecule has 3 aromatic carbocycles. The highest BCUT2D eigenvalue weighted by molar-refractivity contribution is 7.89. The lowest BCUT2D eigenvalue weighted by molar-refractivity contribution is 0.0734. The molecule has 0 atom stereocenters. The van der Waals surface area contributed by atoms with Gasteiger partial charge in [-0.3, -0.25) is 4.98 Å². The molecule has 1 aliphatic heterocycles. The highest BCUT2D eigenvalue weighted by Crippen LogP contribution is 2.25. The standard InChI is InChI=1S/C26H23N3O4S/c30-26(19-11-13-22(14-12-19)34(31,32)29-15-4-1-5-16-29)33-21-8-6-7-20(17-21)25-18-27-23-9-2-3-10-24(23)28-25/h2-3,6-14,17-18H,1,4-5,15-16H2. The summed E-state index contributed by atoms with van der Waals surface area (Å²) in [5, 5.41) is 0. The largest absolute Gasteiger partial charge is 0.423 e. The van der Waals surface area contributed by atoms with Crippen molar-refractivity contribution >= 4 is 27.0 Å². The number of carbonyl (C=O) groups is 1. The maximum Gasteiger partial charge on any atom is 0.343 e. The molecule has 0 N–H and O–H groups in total. The van der Waals surface area contributed by atoms with Crippen LogP contribution in [0.4, 0.5) is 0 Å². The first-order chi connectivity index (χ1) is 16.5. The van der Waals surface area contributed by atoms with Gasteiger partial charge in [-0.2, -0.15) is 4.31 Å². The number of benzene rings is 3. The second-order valence-corrected chi connectivity index (χ2v) is 10.1. The number of hydrogen-bond donors (Lipinski definition) is 0. The highest BCUT2D eigenvalue weighted by Gasteiger charge is 2.26. The number of aromatic nitrogens is 2. The van der Waals surface area contributed by atoms with Crippen LogP contribution in [-0.2, 0) is 10.0 Å². The van der Waals surface area contributed by atoms with Crippen molar-refractivity contribution in [3.8, 4) is 17.0 Å². The Hall–Kier alpha value is -3.62. The molecule has 7 nitrogen and oxygen atoms in total. The number of ether oxygens (including phenoxy) is 1. The van der Waals surface area contributed by atoms with Crippen molar-refractivity contribution in [2.24, 2.45) is 0 Å². The lowest BCUT2D eigenvalue weighted by Crippen LogP contribution is -2.35. The molecular weight excluding hydrogens is 450 g/mol. The van der Waals surface area contributed by atoms with E-state index in [2.05, 4.69) is 9.97 Å². The van der Waals surface area contributed by atoms with E-state index >= 15 is 0 Å². The number of sulfonamides is 1. The number of piperidine rings is 1. The summed E-state index contributed by atoms with van der Waals surface area (Å²) >= 11 is 0. The molecule has 4 aromatic rings. The molecule has 8 heteroatoms. The van der Waals surface area contributed by atoms with Gasteiger partial charge in [-0.05, 0) is 61.4 Å². The van der Waals surface area contributed by atoms with E-state index in [9.17, 15) is 13.2 Å². The predicted molar refractivity (Wildman–Crippen MR) is 129 cm³/mol. The normalized spacial score (nSPS) is 14.7. The molecule has 0 radical (unpaired) electrons. The Morgan fingerprint density at radius 3 is 2.35 bits per heavy atom. The molecule has 1 aromatic heterocycles. The van der Waals surface area contributed by atoms with E-state index in [0.717, 1.165) is 35.9 Å². The number of esters is 1. The molecule has 1 aliphatic rings. The zero-order valence-electron chi connectivity index (χ0n) is 18.4. The third-order valence-electron chi connectivity index (χ3n) is 5.83. The molecule has 1 saturated heterocycles. The molecule has 0 unspecified atom stereocenters. The molecule has 1 fully saturated rings. The molecule has 0 aliphatic carbocycles. The second-order valence-electron chi connectivity index (χ2n) is 8.15. The van der Waals surface area contributed by atoms with Crippen molar-refractivity contribution in [1.82, 2.24) is 14.3 Å². The molecule has 5 rings (SSSR count). The quantitative estimate of drug-likeness (QED) is 0.309. The lowest BCUT2D eigenvalue weighted by Gasteiger charge is -2.25. The van der Waals surface area contributed by atoms with Gasteiger partial charge >= 0.3 is 5.97 Å². The molecule has 0 saturated carbocycles. The molecule has 34 heavy (non-hydrogen) atoms. The molecular formula is C26H23N3O4S. The van der Waals surface area contributed by atoms with Gasteiger partial charge in [0.15, 0.2) is 0 Å². The van der Waals surface area contributed by atoms with Gasteiger partial charge in [0.1, 0.15) is 5.75 Å². The minimum Gasteiger partial charge on any atom is -0.423 e. The van der Waals surface area contributed by atoms with Crippen molar-refractivity contribution in [2.75, 3.05) is 13.1 Å². The fourth-order valence-corrected chi connectivity index (χ4v) is 5.52. The van der Waals surface area contributed by atoms with E-state index in [0.29, 0.717) is 24.5 Å². The number of nitrogens with zero attached hydrogens (tertiary/aromatic N) is 3. The summed E-state index contributed by atoms with van der Waals surface area (Å²) in [6, 6.07) is 20.6. The van der Waals surface area contributed by atoms with Gasteiger partial charge in [-0.1, -0.05) is 30.7 Å². The van der Waals surface area contributed by atoms with Crippen LogP contribution in [0.1, 0.15) is 29.6 Å². The van der Waals surface area contributed by atoms with Crippen LogP contribution in [-0.4, -0.2) is 41.7 Å². The van der Waals surface area contributed by atoms with Crippen LogP contribution in [0, 0.1) is 0 Å². The molecule has 2 heterocycles. The number of rotatable bonds is 5. The maximum atomic E-state index is 12.8. The van der Waals surface area contributed by atoms with Crippen molar-refractivity contribution < 1.29 is 17.9 Å². The Balaban J connectivity index is 1.32. The minimum atomic E-state index is -3.55. The van der Waals surface area contributed by atoms with Gasteiger partial charge < -0.3 is 4.74 Å². The van der Waals surface area contributed by atoms with Gasteiger partial charge in [0, 0.05) is 18.7 Å². The Bertz CT molecular complexity index is 1450. The summed E-state index contributed by atoms with van der Waals surface area (Å²) in [5.41, 5.74) is 3.30. The van der Waals surface area contributed by atoms with Crippen LogP contribution in [0.2, 0.25) is 0 Å². The Morgan fingerprint density at radius 2 is 1.59 bits per heavy atom. The van der Waals surface area contributed by atoms with Crippen LogP contribution in [0.25, 0.3) is 22.3 Å². The highest BCUT2D eigenvalue weighted by atomic mass is 32.2. The predicted octanol–water partition coefficient (Wildman–Crippen LogP) is 4.69. The van der Waals surface area contributed by atoms with Gasteiger partial charge in [-0.25, -0.2) is 18.2 Å². The van der Waals surface area contributed by atoms with E-state index in [-0.39, 0.29) is 10.5 Å². The van der Waals surface area contributed by atoms with Crippen molar-refractivity contribution in [3.63, 3.8) is 0 Å². The first-order valence-electron chi connectivity index (χ1n) is 11.2. The van der Waals surface area contributed by atoms with Crippen molar-refractivity contribution in [1.29, 1.82) is 0 Å². The summed E-state index contributed by atoms with van der Waals surface area (Å²) in [7, 11) is -3.55. The second kappa shape index (κ2) is 9.32. The van der Waals surface area contributed by atoms with Crippen molar-refractivity contribution in [2.45, 2.75) is 24.2 Å². The summed E-state index contributed by atoms with van der Waals surface area (Å²) in [5.74, 6) is -0.203. The topological polar surface area (TPSA) is 89.5 Å². The fourth-order valence-electron chi connectivity index (χ4n) is 4.00. The summed E-state index contributed by atoms with van der Waals surface area (Å²) in [6.45, 7) is 1.06. The molecule has 0 spiro atoms. The smallest absolute Gasteiger partial charge is 0.343 e. The lowest BCUT2D eigenvalue weighted by atomic mass is 10.1. The van der Waals surface area contributed by atoms with Gasteiger partial charge in [-0.15, -0.1) is 0 Å². The average Bonchev–Trinajstić information content (AvgIpc) is 2.89. The summed E-state index contributed by atoms with van der Waals surface area (Å²) < 4.78 is 32.7. The summed E-state index contributed by atoms with van der Waals surface area (Å²) in [6.07, 6.45) is 4.47. The average molecular weight is 474 g/mol. The van der Waals surface area contributed by atoms with Gasteiger partial charge in [0.2, 0.25) is 10.0 Å². The monoisotopic (exact) mass is 473 g/mol. The first kappa shape index (κ1) is 22.2. The molecule has 0 amide bonds. The third-order valence-corrected chi connectivity index (χ3v) is 7.74. The minimum absolute atomic E-state index is 0.183. The van der Waals surface area contributed by atoms with Crippen LogP contribution in [0.3, 0.4) is 0 Å². The van der Waals surface area contributed by atoms with Crippen molar-refractivity contribution in [3.05, 3.63) is 84.6 Å². The zero-order chi connectivity index (χ0) is 23.5. The number of hydrogen-bond acceptors (Lipinski definition) is 6. The maximum absolute atomic E-state index is 12.8. The Kier molecular flexibility index (Phi) is 6.08. The van der Waals surface area contributed by atoms with Gasteiger partial charge in [0.05, 0.1) is 33.4 Å². The number of carbonyl (C=O) groups excluding carboxylic acids is 1. The van der Waals surface area contributed by atoms with Crippen LogP contribution in [0.5, 0.6) is 5.75 Å². The third kappa shape index (κ3) is 4.55. The molecule has 172 valence electrons. The van der Waals surface area contributed by atoms with Crippen LogP contribution in [0.15, 0.2) is 83.9 Å². The fraction of sp³-hybridized carbons (Fsp3) is 0.192. The van der Waals surface area contributed by atoms with Crippen LogP contribution >= 0.6 is 0 Å². The van der Waals surface area contributed by atoms with E-state index in [1.807, 2.05) is 30.3 Å². The van der Waals surface area contributed by atoms with E-state index in [4.69, 9.17) is 4.74 Å². The Labute approximate surface area is 198 Å². The SMILES string of the molecule is O=C(Oc1cccc(-c2cnc3ccccc3n2)c1)c1ccc(S(=O)(=O)N2CCCCC2)cc1. The van der Waals surface area contributed by atoms with E-state index in [1.165, 1.54) is 28.6 Å². The first-order valence-corrected chi connectivity index (χ1v) is 12.6. The van der Waals surface area contributed by atoms with Crippen LogP contribution < -0.4 is 4.74 Å². The Morgan fingerprint density at radius 1 is 0.853 bits per heavy atom. The van der Waals surface area contributed by atoms with Gasteiger partial charge in [0.25, 0.3) is 0 Å². The number of para-hydroxylation sites is 2. The number of fused-ring (bicyclic) bond motifs is 1.